The van der Waals surface area contributed by atoms with E-state index in [2.05, 4.69) is 32.4 Å². The second-order valence-electron chi connectivity index (χ2n) is 12.9. The fraction of sp³-hybridized carbons (Fsp3) is 0.389. The highest BCUT2D eigenvalue weighted by Crippen LogP contribution is 2.47. The van der Waals surface area contributed by atoms with Gasteiger partial charge in [-0.15, -0.1) is 0 Å². The molecule has 1 fully saturated rings. The lowest BCUT2D eigenvalue weighted by Gasteiger charge is -2.32. The zero-order valence-electron chi connectivity index (χ0n) is 27.2. The van der Waals surface area contributed by atoms with Gasteiger partial charge in [-0.3, -0.25) is 9.59 Å². The van der Waals surface area contributed by atoms with Gasteiger partial charge < -0.3 is 39.1 Å². The number of ether oxygens (including phenoxy) is 1. The Hall–Kier alpha value is -4.45. The molecule has 0 bridgehead atoms. The molecule has 0 spiro atoms. The number of aromatic nitrogens is 1. The Kier molecular flexibility index (Phi) is 8.61. The molecule has 4 heterocycles. The molecule has 1 amide bonds. The van der Waals surface area contributed by atoms with Crippen molar-refractivity contribution in [3.63, 3.8) is 0 Å². The number of carbonyl (C=O) groups is 1. The minimum atomic E-state index is -0.605. The minimum Gasteiger partial charge on any atom is -0.456 e. The molecule has 0 atom stereocenters. The minimum absolute atomic E-state index is 0.0515. The number of piperazine rings is 1. The molecule has 2 aromatic heterocycles. The number of likely N-dealkylation sites (N-methyl/N-ethyl adjacent to an activating group) is 1. The molecular formula is C36H41FN6O4. The first kappa shape index (κ1) is 31.2. The van der Waals surface area contributed by atoms with Crippen LogP contribution < -0.4 is 20.8 Å². The van der Waals surface area contributed by atoms with E-state index in [1.165, 1.54) is 6.07 Å². The summed E-state index contributed by atoms with van der Waals surface area (Å²) in [5.41, 5.74) is 1.98. The summed E-state index contributed by atoms with van der Waals surface area (Å²) in [4.78, 5) is 34.2. The molecule has 2 N–H and O–H groups in total. The molecule has 0 saturated carbocycles. The summed E-state index contributed by atoms with van der Waals surface area (Å²) in [6, 6.07) is 12.7. The number of halogens is 1. The molecule has 47 heavy (non-hydrogen) atoms. The van der Waals surface area contributed by atoms with E-state index in [-0.39, 0.29) is 22.4 Å². The van der Waals surface area contributed by atoms with Crippen molar-refractivity contribution in [3.05, 3.63) is 70.3 Å². The number of nitrogens with zero attached hydrogens (tertiary/aromatic N) is 4. The quantitative estimate of drug-likeness (QED) is 0.186. The van der Waals surface area contributed by atoms with Crippen molar-refractivity contribution in [3.8, 4) is 17.2 Å². The first-order valence-corrected chi connectivity index (χ1v) is 16.4. The van der Waals surface area contributed by atoms with Crippen molar-refractivity contribution in [1.82, 2.24) is 24.6 Å². The van der Waals surface area contributed by atoms with Crippen molar-refractivity contribution in [2.24, 2.45) is 0 Å². The first-order chi connectivity index (χ1) is 22.8. The standard InChI is InChI=1S/C36H41FN6O4/c1-40(2)13-7-6-11-38-32-27(37)19-25-33-35(32)47-31-20-24-23-9-4-5-10-29(23)46-30(24)21-28(31)43(33)22-26(34(25)44)36(45)39-12-8-14-42-17-15-41(3)16-18-42/h4-5,9-10,19-22,38H,6-8,11-18H2,1-3H3,(H,39,45). The van der Waals surface area contributed by atoms with Gasteiger partial charge in [0.2, 0.25) is 5.43 Å². The van der Waals surface area contributed by atoms with Crippen LogP contribution in [0.5, 0.6) is 11.5 Å². The first-order valence-electron chi connectivity index (χ1n) is 16.4. The normalized spacial score (nSPS) is 15.0. The Labute approximate surface area is 272 Å². The summed E-state index contributed by atoms with van der Waals surface area (Å²) in [6.45, 7) is 6.81. The van der Waals surface area contributed by atoms with Gasteiger partial charge in [-0.2, -0.15) is 0 Å². The van der Waals surface area contributed by atoms with Crippen LogP contribution in [0, 0.1) is 5.82 Å². The molecule has 2 aliphatic heterocycles. The third-order valence-corrected chi connectivity index (χ3v) is 9.24. The number of para-hydroxylation sites is 1. The van der Waals surface area contributed by atoms with Crippen LogP contribution in [-0.4, -0.2) is 98.7 Å². The van der Waals surface area contributed by atoms with Gasteiger partial charge in [-0.25, -0.2) is 4.39 Å². The predicted molar refractivity (Wildman–Crippen MR) is 184 cm³/mol. The van der Waals surface area contributed by atoms with Gasteiger partial charge in [-0.05, 0) is 71.7 Å². The van der Waals surface area contributed by atoms with E-state index in [9.17, 15) is 9.59 Å². The number of fused-ring (bicyclic) bond motifs is 5. The average molecular weight is 641 g/mol. The van der Waals surface area contributed by atoms with E-state index < -0.39 is 17.2 Å². The Balaban J connectivity index is 1.25. The number of unbranched alkanes of at least 4 members (excludes halogenated alkanes) is 1. The van der Waals surface area contributed by atoms with Gasteiger partial charge in [-0.1, -0.05) is 18.2 Å². The maximum Gasteiger partial charge on any atom is 0.256 e. The van der Waals surface area contributed by atoms with Gasteiger partial charge in [0.05, 0.1) is 11.1 Å². The van der Waals surface area contributed by atoms with Crippen LogP contribution in [0.2, 0.25) is 0 Å². The van der Waals surface area contributed by atoms with E-state index in [0.29, 0.717) is 35.6 Å². The summed E-state index contributed by atoms with van der Waals surface area (Å²) in [5, 5.41) is 8.03. The van der Waals surface area contributed by atoms with Gasteiger partial charge in [0.1, 0.15) is 27.9 Å². The molecule has 10 nitrogen and oxygen atoms in total. The Bertz CT molecular complexity index is 2030. The fourth-order valence-electron chi connectivity index (χ4n) is 6.60. The maximum absolute atomic E-state index is 15.9. The van der Waals surface area contributed by atoms with Gasteiger partial charge >= 0.3 is 0 Å². The summed E-state index contributed by atoms with van der Waals surface area (Å²) in [5.74, 6) is -0.390. The number of hydrogen-bond acceptors (Lipinski definition) is 8. The number of hydrogen-bond donors (Lipinski definition) is 2. The van der Waals surface area contributed by atoms with Crippen molar-refractivity contribution in [2.45, 2.75) is 19.3 Å². The maximum atomic E-state index is 15.9. The molecule has 5 aromatic rings. The van der Waals surface area contributed by atoms with Crippen molar-refractivity contribution in [1.29, 1.82) is 0 Å². The molecule has 7 rings (SSSR count). The third kappa shape index (κ3) is 6.06. The summed E-state index contributed by atoms with van der Waals surface area (Å²) < 4.78 is 30.3. The third-order valence-electron chi connectivity index (χ3n) is 9.24. The number of amides is 1. The molecule has 0 unspecified atom stereocenters. The Morgan fingerprint density at radius 1 is 0.957 bits per heavy atom. The van der Waals surface area contributed by atoms with Crippen LogP contribution in [0.1, 0.15) is 29.6 Å². The lowest BCUT2D eigenvalue weighted by atomic mass is 10.0. The lowest BCUT2D eigenvalue weighted by Crippen LogP contribution is -2.45. The second kappa shape index (κ2) is 13.0. The number of carbonyl (C=O) groups excluding carboxylic acids is 1. The second-order valence-corrected chi connectivity index (χ2v) is 12.9. The van der Waals surface area contributed by atoms with Gasteiger partial charge in [0.25, 0.3) is 5.91 Å². The Morgan fingerprint density at radius 2 is 1.77 bits per heavy atom. The van der Waals surface area contributed by atoms with Gasteiger partial charge in [0, 0.05) is 62.3 Å². The highest BCUT2D eigenvalue weighted by Gasteiger charge is 2.29. The van der Waals surface area contributed by atoms with Crippen molar-refractivity contribution < 1.29 is 18.3 Å². The van der Waals surface area contributed by atoms with Crippen LogP contribution in [-0.2, 0) is 0 Å². The smallest absolute Gasteiger partial charge is 0.256 e. The van der Waals surface area contributed by atoms with E-state index in [1.54, 1.807) is 10.8 Å². The number of rotatable bonds is 11. The summed E-state index contributed by atoms with van der Waals surface area (Å²) >= 11 is 0. The molecule has 0 radical (unpaired) electrons. The number of nitrogens with one attached hydrogen (secondary N) is 2. The highest BCUT2D eigenvalue weighted by atomic mass is 19.1. The van der Waals surface area contributed by atoms with Crippen LogP contribution in [0.15, 0.2) is 57.9 Å². The highest BCUT2D eigenvalue weighted by molar-refractivity contribution is 6.07. The molecule has 0 aliphatic carbocycles. The monoisotopic (exact) mass is 640 g/mol. The van der Waals surface area contributed by atoms with E-state index >= 15 is 4.39 Å². The average Bonchev–Trinajstić information content (AvgIpc) is 3.42. The zero-order valence-corrected chi connectivity index (χ0v) is 27.2. The molecule has 3 aromatic carbocycles. The molecule has 246 valence electrons. The number of pyridine rings is 1. The van der Waals surface area contributed by atoms with E-state index in [1.807, 2.05) is 50.5 Å². The zero-order chi connectivity index (χ0) is 32.7. The summed E-state index contributed by atoms with van der Waals surface area (Å²) in [6.07, 6.45) is 4.09. The van der Waals surface area contributed by atoms with E-state index in [4.69, 9.17) is 9.15 Å². The predicted octanol–water partition coefficient (Wildman–Crippen LogP) is 5.26. The van der Waals surface area contributed by atoms with Crippen molar-refractivity contribution >= 4 is 44.4 Å². The molecule has 11 heteroatoms. The summed E-state index contributed by atoms with van der Waals surface area (Å²) in [7, 11) is 6.17. The lowest BCUT2D eigenvalue weighted by molar-refractivity contribution is 0.0948. The van der Waals surface area contributed by atoms with Crippen LogP contribution in [0.4, 0.5) is 10.1 Å². The number of furan rings is 1. The van der Waals surface area contributed by atoms with Crippen molar-refractivity contribution in [2.75, 3.05) is 78.8 Å². The topological polar surface area (TPSA) is 95.2 Å². The van der Waals surface area contributed by atoms with Gasteiger partial charge in [0.15, 0.2) is 17.3 Å². The largest absolute Gasteiger partial charge is 0.456 e. The number of benzene rings is 3. The molecule has 2 aliphatic rings. The van der Waals surface area contributed by atoms with E-state index in [0.717, 1.165) is 74.9 Å². The molecule has 1 saturated heterocycles. The SMILES string of the molecule is CN(C)CCCCNc1c(F)cc2c(=O)c(C(=O)NCCCN3CCN(C)CC3)cn3c2c1Oc1cc2c(cc1-3)oc1ccccc12. The van der Waals surface area contributed by atoms with Crippen LogP contribution in [0.25, 0.3) is 38.5 Å². The number of anilines is 1. The Morgan fingerprint density at radius 3 is 2.57 bits per heavy atom. The van der Waals surface area contributed by atoms with Crippen LogP contribution in [0.3, 0.4) is 0 Å². The fourth-order valence-corrected chi connectivity index (χ4v) is 6.60. The molecular weight excluding hydrogens is 599 g/mol. The van der Waals surface area contributed by atoms with Crippen LogP contribution >= 0.6 is 0 Å².